The molecule has 0 amide bonds. The van der Waals surface area contributed by atoms with Crippen LogP contribution in [0.2, 0.25) is 0 Å². The fourth-order valence-corrected chi connectivity index (χ4v) is 2.13. The number of nitriles is 1. The number of benzene rings is 1. The van der Waals surface area contributed by atoms with Gasteiger partial charge in [-0.1, -0.05) is 11.8 Å². The lowest BCUT2D eigenvalue weighted by Gasteiger charge is -2.02. The molecule has 0 aliphatic rings. The van der Waals surface area contributed by atoms with Gasteiger partial charge in [0.15, 0.2) is 5.16 Å². The van der Waals surface area contributed by atoms with Gasteiger partial charge in [0.05, 0.1) is 11.6 Å². The van der Waals surface area contributed by atoms with E-state index in [0.717, 1.165) is 5.16 Å². The third-order valence-corrected chi connectivity index (χ3v) is 3.03. The van der Waals surface area contributed by atoms with Crippen molar-refractivity contribution in [1.82, 2.24) is 9.55 Å². The second-order valence-corrected chi connectivity index (χ2v) is 4.25. The highest BCUT2D eigenvalue weighted by atomic mass is 32.2. The Balaban J connectivity index is 2.32. The molecule has 1 heterocycles. The van der Waals surface area contributed by atoms with Crippen LogP contribution in [-0.2, 0) is 7.05 Å². The van der Waals surface area contributed by atoms with Crippen molar-refractivity contribution in [2.24, 2.45) is 7.05 Å². The van der Waals surface area contributed by atoms with E-state index in [1.54, 1.807) is 12.3 Å². The van der Waals surface area contributed by atoms with Gasteiger partial charge in [0, 0.05) is 24.3 Å². The first-order chi connectivity index (χ1) is 7.69. The van der Waals surface area contributed by atoms with Gasteiger partial charge in [-0.05, 0) is 18.2 Å². The number of hydrogen-bond acceptors (Lipinski definition) is 3. The van der Waals surface area contributed by atoms with Gasteiger partial charge in [-0.3, -0.25) is 0 Å². The fraction of sp³-hybridized carbons (Fsp3) is 0.0909. The SMILES string of the molecule is Cn1ccnc1Sc1cc(F)cc(C#N)c1. The molecule has 0 aliphatic carbocycles. The summed E-state index contributed by atoms with van der Waals surface area (Å²) >= 11 is 1.33. The van der Waals surface area contributed by atoms with Gasteiger partial charge in [0.1, 0.15) is 5.82 Å². The summed E-state index contributed by atoms with van der Waals surface area (Å²) in [5, 5.41) is 9.48. The van der Waals surface area contributed by atoms with E-state index >= 15 is 0 Å². The van der Waals surface area contributed by atoms with Crippen molar-refractivity contribution >= 4 is 11.8 Å². The first-order valence-corrected chi connectivity index (χ1v) is 5.36. The first-order valence-electron chi connectivity index (χ1n) is 4.55. The Hall–Kier alpha value is -1.80. The Morgan fingerprint density at radius 2 is 2.25 bits per heavy atom. The lowest BCUT2D eigenvalue weighted by Crippen LogP contribution is -1.89. The number of aromatic nitrogens is 2. The molecule has 0 fully saturated rings. The molecule has 3 nitrogen and oxygen atoms in total. The van der Waals surface area contributed by atoms with Gasteiger partial charge in [0.2, 0.25) is 0 Å². The van der Waals surface area contributed by atoms with Crippen LogP contribution in [-0.4, -0.2) is 9.55 Å². The average Bonchev–Trinajstić information content (AvgIpc) is 2.63. The molecule has 80 valence electrons. The van der Waals surface area contributed by atoms with Gasteiger partial charge >= 0.3 is 0 Å². The van der Waals surface area contributed by atoms with Crippen LogP contribution >= 0.6 is 11.8 Å². The minimum absolute atomic E-state index is 0.316. The lowest BCUT2D eigenvalue weighted by molar-refractivity contribution is 0.623. The summed E-state index contributed by atoms with van der Waals surface area (Å²) in [6.45, 7) is 0. The third-order valence-electron chi connectivity index (χ3n) is 1.99. The lowest BCUT2D eigenvalue weighted by atomic mass is 10.2. The van der Waals surface area contributed by atoms with E-state index in [-0.39, 0.29) is 0 Å². The second-order valence-electron chi connectivity index (χ2n) is 3.21. The van der Waals surface area contributed by atoms with Gasteiger partial charge in [0.25, 0.3) is 0 Å². The summed E-state index contributed by atoms with van der Waals surface area (Å²) < 4.78 is 15.0. The molecular formula is C11H8FN3S. The van der Waals surface area contributed by atoms with Crippen LogP contribution in [0.3, 0.4) is 0 Å². The molecule has 0 saturated heterocycles. The van der Waals surface area contributed by atoms with Crippen LogP contribution in [0.4, 0.5) is 4.39 Å². The predicted octanol–water partition coefficient (Wildman–Crippen LogP) is 2.58. The van der Waals surface area contributed by atoms with E-state index in [4.69, 9.17) is 5.26 Å². The highest BCUT2D eigenvalue weighted by Crippen LogP contribution is 2.27. The zero-order chi connectivity index (χ0) is 11.5. The minimum Gasteiger partial charge on any atom is -0.329 e. The topological polar surface area (TPSA) is 41.6 Å². The molecular weight excluding hydrogens is 225 g/mol. The summed E-state index contributed by atoms with van der Waals surface area (Å²) in [6.07, 6.45) is 3.49. The maximum atomic E-state index is 13.2. The number of imidazole rings is 1. The van der Waals surface area contributed by atoms with E-state index in [9.17, 15) is 4.39 Å². The first kappa shape index (κ1) is 10.7. The zero-order valence-electron chi connectivity index (χ0n) is 8.51. The number of hydrogen-bond donors (Lipinski definition) is 0. The van der Waals surface area contributed by atoms with Crippen LogP contribution in [0.25, 0.3) is 0 Å². The molecule has 16 heavy (non-hydrogen) atoms. The smallest absolute Gasteiger partial charge is 0.172 e. The fourth-order valence-electron chi connectivity index (χ4n) is 1.24. The molecule has 2 rings (SSSR count). The summed E-state index contributed by atoms with van der Waals surface area (Å²) in [6, 6.07) is 6.16. The van der Waals surface area contributed by atoms with Crippen molar-refractivity contribution in [3.8, 4) is 6.07 Å². The van der Waals surface area contributed by atoms with Crippen molar-refractivity contribution in [2.45, 2.75) is 10.1 Å². The molecule has 0 N–H and O–H groups in total. The maximum absolute atomic E-state index is 13.2. The molecule has 0 bridgehead atoms. The molecule has 0 saturated carbocycles. The molecule has 0 atom stereocenters. The molecule has 0 spiro atoms. The van der Waals surface area contributed by atoms with Crippen molar-refractivity contribution in [2.75, 3.05) is 0 Å². The van der Waals surface area contributed by atoms with E-state index in [0.29, 0.717) is 10.5 Å². The maximum Gasteiger partial charge on any atom is 0.172 e. The largest absolute Gasteiger partial charge is 0.329 e. The monoisotopic (exact) mass is 233 g/mol. The average molecular weight is 233 g/mol. The van der Waals surface area contributed by atoms with Crippen LogP contribution in [0.5, 0.6) is 0 Å². The number of aryl methyl sites for hydroxylation is 1. The van der Waals surface area contributed by atoms with Crippen LogP contribution in [0, 0.1) is 17.1 Å². The Bertz CT molecular complexity index is 557. The van der Waals surface area contributed by atoms with Gasteiger partial charge in [-0.2, -0.15) is 5.26 Å². The normalized spacial score (nSPS) is 10.1. The Morgan fingerprint density at radius 3 is 2.88 bits per heavy atom. The van der Waals surface area contributed by atoms with Gasteiger partial charge < -0.3 is 4.57 Å². The third kappa shape index (κ3) is 2.23. The molecule has 1 aromatic heterocycles. The quantitative estimate of drug-likeness (QED) is 0.800. The van der Waals surface area contributed by atoms with Crippen molar-refractivity contribution in [3.63, 3.8) is 0 Å². The molecule has 0 aliphatic heterocycles. The molecule has 5 heteroatoms. The van der Waals surface area contributed by atoms with E-state index in [2.05, 4.69) is 4.98 Å². The van der Waals surface area contributed by atoms with Crippen molar-refractivity contribution in [1.29, 1.82) is 5.26 Å². The Morgan fingerprint density at radius 1 is 1.44 bits per heavy atom. The zero-order valence-corrected chi connectivity index (χ0v) is 9.33. The van der Waals surface area contributed by atoms with Gasteiger partial charge in [-0.25, -0.2) is 9.37 Å². The highest BCUT2D eigenvalue weighted by molar-refractivity contribution is 7.99. The van der Waals surface area contributed by atoms with E-state index in [1.165, 1.54) is 23.9 Å². The minimum atomic E-state index is -0.407. The Labute approximate surface area is 96.5 Å². The van der Waals surface area contributed by atoms with Gasteiger partial charge in [-0.15, -0.1) is 0 Å². The molecule has 0 radical (unpaired) electrons. The molecule has 2 aromatic rings. The van der Waals surface area contributed by atoms with Crippen molar-refractivity contribution in [3.05, 3.63) is 42.0 Å². The van der Waals surface area contributed by atoms with E-state index in [1.807, 2.05) is 23.9 Å². The summed E-state index contributed by atoms with van der Waals surface area (Å²) in [4.78, 5) is 4.79. The highest BCUT2D eigenvalue weighted by Gasteiger charge is 2.05. The number of nitrogens with zero attached hydrogens (tertiary/aromatic N) is 3. The van der Waals surface area contributed by atoms with Crippen LogP contribution in [0.1, 0.15) is 5.56 Å². The van der Waals surface area contributed by atoms with Crippen LogP contribution in [0.15, 0.2) is 40.6 Å². The Kier molecular flexibility index (Phi) is 2.93. The summed E-state index contributed by atoms with van der Waals surface area (Å²) in [7, 11) is 1.86. The van der Waals surface area contributed by atoms with Crippen molar-refractivity contribution < 1.29 is 4.39 Å². The number of halogens is 1. The van der Waals surface area contributed by atoms with Crippen LogP contribution < -0.4 is 0 Å². The standard InChI is InChI=1S/C11H8FN3S/c1-15-3-2-14-11(15)16-10-5-8(7-13)4-9(12)6-10/h2-6H,1H3. The second kappa shape index (κ2) is 4.37. The number of rotatable bonds is 2. The summed E-state index contributed by atoms with van der Waals surface area (Å²) in [5.74, 6) is -0.407. The van der Waals surface area contributed by atoms with E-state index < -0.39 is 5.82 Å². The predicted molar refractivity (Wildman–Crippen MR) is 58.4 cm³/mol. The molecule has 1 aromatic carbocycles. The molecule has 0 unspecified atom stereocenters. The summed E-state index contributed by atoms with van der Waals surface area (Å²) in [5.41, 5.74) is 0.316.